The molecule has 0 amide bonds. The second kappa shape index (κ2) is 11.7. The number of nitrogens with one attached hydrogen (secondary N) is 1. The molecule has 1 unspecified atom stereocenters. The van der Waals surface area contributed by atoms with Gasteiger partial charge in [0.25, 0.3) is 0 Å². The molecular weight excluding hydrogens is 413 g/mol. The molecule has 5 heteroatoms. The van der Waals surface area contributed by atoms with Crippen molar-refractivity contribution in [2.45, 2.75) is 45.1 Å². The highest BCUT2D eigenvalue weighted by molar-refractivity contribution is 14.0. The van der Waals surface area contributed by atoms with Crippen LogP contribution in [0.15, 0.2) is 35.3 Å². The van der Waals surface area contributed by atoms with Gasteiger partial charge >= 0.3 is 0 Å². The normalized spacial score (nSPS) is 17.3. The van der Waals surface area contributed by atoms with E-state index in [2.05, 4.69) is 59.4 Å². The lowest BCUT2D eigenvalue weighted by Crippen LogP contribution is -2.47. The van der Waals surface area contributed by atoms with E-state index in [-0.39, 0.29) is 24.0 Å². The van der Waals surface area contributed by atoms with Gasteiger partial charge in [0, 0.05) is 39.2 Å². The minimum Gasteiger partial charge on any atom is -0.378 e. The number of guanidine groups is 1. The molecule has 1 saturated heterocycles. The summed E-state index contributed by atoms with van der Waals surface area (Å²) >= 11 is 0. The minimum absolute atomic E-state index is 0. The zero-order chi connectivity index (χ0) is 16.5. The van der Waals surface area contributed by atoms with Crippen molar-refractivity contribution < 1.29 is 4.74 Å². The van der Waals surface area contributed by atoms with Crippen molar-refractivity contribution in [2.24, 2.45) is 4.99 Å². The van der Waals surface area contributed by atoms with E-state index in [1.54, 1.807) is 0 Å². The van der Waals surface area contributed by atoms with E-state index in [1.165, 1.54) is 5.56 Å². The number of hydrogen-bond donors (Lipinski definition) is 1. The third-order valence-electron chi connectivity index (χ3n) is 4.63. The number of likely N-dealkylation sites (tertiary alicyclic amines) is 1. The highest BCUT2D eigenvalue weighted by Crippen LogP contribution is 2.18. The first kappa shape index (κ1) is 21.2. The molecule has 136 valence electrons. The molecular formula is C19H32IN3O. The Hall–Kier alpha value is -0.820. The predicted octanol–water partition coefficient (Wildman–Crippen LogP) is 3.87. The first-order chi connectivity index (χ1) is 11.3. The Morgan fingerprint density at radius 2 is 1.92 bits per heavy atom. The third kappa shape index (κ3) is 6.24. The molecule has 1 fully saturated rings. The lowest BCUT2D eigenvalue weighted by Gasteiger charge is -2.34. The molecule has 0 spiro atoms. The molecule has 1 aromatic rings. The maximum atomic E-state index is 5.73. The standard InChI is InChI=1S/C19H31N3O.HI/c1-4-16(17-9-7-6-8-10-17)15-21-19(20-3)22-13-11-18(12-14-22)23-5-2;/h6-10,16,18H,4-5,11-15H2,1-3H3,(H,20,21);1H. The number of piperidine rings is 1. The summed E-state index contributed by atoms with van der Waals surface area (Å²) in [4.78, 5) is 6.83. The number of hydrogen-bond acceptors (Lipinski definition) is 2. The molecule has 0 aliphatic carbocycles. The SMILES string of the molecule is CCOC1CCN(C(=NC)NCC(CC)c2ccccc2)CC1.I. The van der Waals surface area contributed by atoms with E-state index >= 15 is 0 Å². The van der Waals surface area contributed by atoms with Gasteiger partial charge in [-0.2, -0.15) is 0 Å². The second-order valence-electron chi connectivity index (χ2n) is 6.09. The Morgan fingerprint density at radius 1 is 1.25 bits per heavy atom. The van der Waals surface area contributed by atoms with E-state index in [4.69, 9.17) is 4.74 Å². The van der Waals surface area contributed by atoms with E-state index in [0.29, 0.717) is 12.0 Å². The molecule has 0 bridgehead atoms. The van der Waals surface area contributed by atoms with Gasteiger partial charge in [0.2, 0.25) is 0 Å². The zero-order valence-corrected chi connectivity index (χ0v) is 17.5. The minimum atomic E-state index is 0. The van der Waals surface area contributed by atoms with Crippen LogP contribution in [0.5, 0.6) is 0 Å². The van der Waals surface area contributed by atoms with Crippen LogP contribution in [0.1, 0.15) is 44.6 Å². The number of benzene rings is 1. The van der Waals surface area contributed by atoms with Gasteiger partial charge in [0.1, 0.15) is 0 Å². The Kier molecular flexibility index (Phi) is 10.3. The van der Waals surface area contributed by atoms with Gasteiger partial charge in [-0.15, -0.1) is 24.0 Å². The fourth-order valence-corrected chi connectivity index (χ4v) is 3.24. The smallest absolute Gasteiger partial charge is 0.193 e. The number of nitrogens with zero attached hydrogens (tertiary/aromatic N) is 2. The topological polar surface area (TPSA) is 36.9 Å². The molecule has 1 heterocycles. The number of halogens is 1. The third-order valence-corrected chi connectivity index (χ3v) is 4.63. The average Bonchev–Trinajstić information content (AvgIpc) is 2.61. The summed E-state index contributed by atoms with van der Waals surface area (Å²) in [6.45, 7) is 8.10. The lowest BCUT2D eigenvalue weighted by atomic mass is 9.96. The van der Waals surface area contributed by atoms with Crippen LogP contribution in [0.25, 0.3) is 0 Å². The van der Waals surface area contributed by atoms with Crippen LogP contribution in [0.2, 0.25) is 0 Å². The summed E-state index contributed by atoms with van der Waals surface area (Å²) in [6.07, 6.45) is 3.72. The summed E-state index contributed by atoms with van der Waals surface area (Å²) in [7, 11) is 1.88. The molecule has 1 atom stereocenters. The van der Waals surface area contributed by atoms with Gasteiger partial charge in [-0.3, -0.25) is 4.99 Å². The maximum Gasteiger partial charge on any atom is 0.193 e. The summed E-state index contributed by atoms with van der Waals surface area (Å²) in [5.41, 5.74) is 1.40. The molecule has 1 aromatic carbocycles. The van der Waals surface area contributed by atoms with E-state index < -0.39 is 0 Å². The largest absolute Gasteiger partial charge is 0.378 e. The van der Waals surface area contributed by atoms with Crippen molar-refractivity contribution >= 4 is 29.9 Å². The lowest BCUT2D eigenvalue weighted by molar-refractivity contribution is 0.0263. The Labute approximate surface area is 164 Å². The average molecular weight is 445 g/mol. The number of rotatable bonds is 6. The summed E-state index contributed by atoms with van der Waals surface area (Å²) in [6, 6.07) is 10.7. The van der Waals surface area contributed by atoms with Crippen molar-refractivity contribution in [1.29, 1.82) is 0 Å². The van der Waals surface area contributed by atoms with E-state index in [9.17, 15) is 0 Å². The van der Waals surface area contributed by atoms with Crippen LogP contribution in [-0.4, -0.2) is 50.3 Å². The molecule has 0 radical (unpaired) electrons. The molecule has 1 aliphatic rings. The molecule has 4 nitrogen and oxygen atoms in total. The fraction of sp³-hybridized carbons (Fsp3) is 0.632. The van der Waals surface area contributed by atoms with Gasteiger partial charge in [0.15, 0.2) is 5.96 Å². The van der Waals surface area contributed by atoms with Crippen molar-refractivity contribution in [3.8, 4) is 0 Å². The van der Waals surface area contributed by atoms with Crippen LogP contribution in [0.4, 0.5) is 0 Å². The van der Waals surface area contributed by atoms with Gasteiger partial charge in [-0.1, -0.05) is 37.3 Å². The van der Waals surface area contributed by atoms with Crippen LogP contribution in [-0.2, 0) is 4.74 Å². The van der Waals surface area contributed by atoms with Crippen LogP contribution in [0, 0.1) is 0 Å². The quantitative estimate of drug-likeness (QED) is 0.410. The van der Waals surface area contributed by atoms with E-state index in [1.807, 2.05) is 7.05 Å². The number of ether oxygens (including phenoxy) is 1. The fourth-order valence-electron chi connectivity index (χ4n) is 3.24. The van der Waals surface area contributed by atoms with Crippen molar-refractivity contribution in [2.75, 3.05) is 33.3 Å². The first-order valence-electron chi connectivity index (χ1n) is 8.90. The molecule has 2 rings (SSSR count). The zero-order valence-electron chi connectivity index (χ0n) is 15.2. The van der Waals surface area contributed by atoms with Crippen molar-refractivity contribution in [1.82, 2.24) is 10.2 Å². The summed E-state index contributed by atoms with van der Waals surface area (Å²) in [5.74, 6) is 1.54. The Bertz CT molecular complexity index is 473. The maximum absolute atomic E-state index is 5.73. The van der Waals surface area contributed by atoms with Gasteiger partial charge in [-0.25, -0.2) is 0 Å². The molecule has 0 saturated carbocycles. The molecule has 0 aromatic heterocycles. The molecule has 1 aliphatic heterocycles. The van der Waals surface area contributed by atoms with Gasteiger partial charge in [0.05, 0.1) is 6.10 Å². The van der Waals surface area contributed by atoms with E-state index in [0.717, 1.165) is 51.5 Å². The van der Waals surface area contributed by atoms with Gasteiger partial charge < -0.3 is 15.0 Å². The first-order valence-corrected chi connectivity index (χ1v) is 8.90. The predicted molar refractivity (Wildman–Crippen MR) is 112 cm³/mol. The monoisotopic (exact) mass is 445 g/mol. The van der Waals surface area contributed by atoms with Crippen molar-refractivity contribution in [3.05, 3.63) is 35.9 Å². The Balaban J connectivity index is 0.00000288. The molecule has 1 N–H and O–H groups in total. The summed E-state index contributed by atoms with van der Waals surface area (Å²) in [5, 5.41) is 3.57. The van der Waals surface area contributed by atoms with Gasteiger partial charge in [-0.05, 0) is 31.7 Å². The highest BCUT2D eigenvalue weighted by Gasteiger charge is 2.22. The highest BCUT2D eigenvalue weighted by atomic mass is 127. The van der Waals surface area contributed by atoms with Crippen LogP contribution in [0.3, 0.4) is 0 Å². The van der Waals surface area contributed by atoms with Crippen LogP contribution < -0.4 is 5.32 Å². The van der Waals surface area contributed by atoms with Crippen LogP contribution >= 0.6 is 24.0 Å². The Morgan fingerprint density at radius 3 is 2.46 bits per heavy atom. The molecule has 24 heavy (non-hydrogen) atoms. The van der Waals surface area contributed by atoms with Crippen molar-refractivity contribution in [3.63, 3.8) is 0 Å². The number of aliphatic imine (C=N–C) groups is 1. The second-order valence-corrected chi connectivity index (χ2v) is 6.09. The summed E-state index contributed by atoms with van der Waals surface area (Å²) < 4.78 is 5.73.